The zero-order chi connectivity index (χ0) is 9.23. The van der Waals surface area contributed by atoms with Gasteiger partial charge in [-0.25, -0.2) is 0 Å². The standard InChI is InChI=1S/C8H16N2O2/c1-8(11)9-6-4-3-5-7-10-12-2/h7H,3-6H2,1-2H3,(H,9,11). The van der Waals surface area contributed by atoms with Crippen molar-refractivity contribution in [3.63, 3.8) is 0 Å². The van der Waals surface area contributed by atoms with Crippen molar-refractivity contribution >= 4 is 12.1 Å². The molecule has 12 heavy (non-hydrogen) atoms. The monoisotopic (exact) mass is 172 g/mol. The second-order valence-corrected chi connectivity index (χ2v) is 2.45. The number of hydrogen-bond donors (Lipinski definition) is 1. The summed E-state index contributed by atoms with van der Waals surface area (Å²) in [5.74, 6) is 0.0283. The van der Waals surface area contributed by atoms with Crippen molar-refractivity contribution in [3.8, 4) is 0 Å². The Kier molecular flexibility index (Phi) is 7.33. The molecule has 0 bridgehead atoms. The highest BCUT2D eigenvalue weighted by Gasteiger charge is 1.89. The molecule has 1 N–H and O–H groups in total. The quantitative estimate of drug-likeness (QED) is 0.368. The topological polar surface area (TPSA) is 50.7 Å². The van der Waals surface area contributed by atoms with Crippen LogP contribution in [-0.4, -0.2) is 25.8 Å². The largest absolute Gasteiger partial charge is 0.399 e. The Bertz CT molecular complexity index is 146. The lowest BCUT2D eigenvalue weighted by molar-refractivity contribution is -0.118. The number of oxime groups is 1. The fourth-order valence-corrected chi connectivity index (χ4v) is 0.752. The maximum atomic E-state index is 10.4. The van der Waals surface area contributed by atoms with Crippen LogP contribution in [-0.2, 0) is 9.63 Å². The summed E-state index contributed by atoms with van der Waals surface area (Å²) in [7, 11) is 1.52. The third kappa shape index (κ3) is 8.94. The van der Waals surface area contributed by atoms with Crippen LogP contribution in [0.15, 0.2) is 5.16 Å². The number of hydrogen-bond acceptors (Lipinski definition) is 3. The Labute approximate surface area is 73.0 Å². The van der Waals surface area contributed by atoms with Crippen molar-refractivity contribution < 1.29 is 9.63 Å². The second kappa shape index (κ2) is 8.04. The van der Waals surface area contributed by atoms with E-state index in [1.807, 2.05) is 0 Å². The average molecular weight is 172 g/mol. The minimum Gasteiger partial charge on any atom is -0.399 e. The van der Waals surface area contributed by atoms with Gasteiger partial charge in [-0.1, -0.05) is 5.16 Å². The number of carbonyl (C=O) groups is 1. The molecule has 0 saturated carbocycles. The summed E-state index contributed by atoms with van der Waals surface area (Å²) >= 11 is 0. The molecule has 0 unspecified atom stereocenters. The fraction of sp³-hybridized carbons (Fsp3) is 0.750. The average Bonchev–Trinajstić information content (AvgIpc) is 2.02. The first-order valence-corrected chi connectivity index (χ1v) is 4.06. The van der Waals surface area contributed by atoms with Crippen molar-refractivity contribution in [2.75, 3.05) is 13.7 Å². The van der Waals surface area contributed by atoms with Crippen molar-refractivity contribution in [3.05, 3.63) is 0 Å². The lowest BCUT2D eigenvalue weighted by Crippen LogP contribution is -2.20. The highest BCUT2D eigenvalue weighted by Crippen LogP contribution is 1.90. The highest BCUT2D eigenvalue weighted by atomic mass is 16.6. The van der Waals surface area contributed by atoms with Gasteiger partial charge in [0.1, 0.15) is 7.11 Å². The van der Waals surface area contributed by atoms with Crippen LogP contribution >= 0.6 is 0 Å². The SMILES string of the molecule is CON=CCCCCNC(C)=O. The van der Waals surface area contributed by atoms with Crippen LogP contribution in [0.1, 0.15) is 26.2 Å². The van der Waals surface area contributed by atoms with Crippen LogP contribution in [0.3, 0.4) is 0 Å². The van der Waals surface area contributed by atoms with Gasteiger partial charge in [0.05, 0.1) is 0 Å². The van der Waals surface area contributed by atoms with Gasteiger partial charge < -0.3 is 10.2 Å². The van der Waals surface area contributed by atoms with Gasteiger partial charge in [0.25, 0.3) is 0 Å². The van der Waals surface area contributed by atoms with E-state index in [-0.39, 0.29) is 5.91 Å². The van der Waals surface area contributed by atoms with E-state index in [4.69, 9.17) is 0 Å². The van der Waals surface area contributed by atoms with Gasteiger partial charge in [-0.3, -0.25) is 4.79 Å². The summed E-state index contributed by atoms with van der Waals surface area (Å²) in [6.07, 6.45) is 4.63. The molecule has 4 nitrogen and oxygen atoms in total. The molecule has 0 aromatic rings. The predicted molar refractivity (Wildman–Crippen MR) is 48.0 cm³/mol. The lowest BCUT2D eigenvalue weighted by Gasteiger charge is -1.98. The minimum absolute atomic E-state index is 0.0283. The summed E-state index contributed by atoms with van der Waals surface area (Å²) in [6, 6.07) is 0. The summed E-state index contributed by atoms with van der Waals surface area (Å²) in [5.41, 5.74) is 0. The van der Waals surface area contributed by atoms with Crippen molar-refractivity contribution in [1.29, 1.82) is 0 Å². The summed E-state index contributed by atoms with van der Waals surface area (Å²) in [5, 5.41) is 6.31. The molecule has 0 aromatic heterocycles. The van der Waals surface area contributed by atoms with E-state index in [1.165, 1.54) is 14.0 Å². The molecule has 0 spiro atoms. The smallest absolute Gasteiger partial charge is 0.216 e. The molecule has 70 valence electrons. The molecule has 0 fully saturated rings. The Balaban J connectivity index is 3.00. The highest BCUT2D eigenvalue weighted by molar-refractivity contribution is 5.72. The van der Waals surface area contributed by atoms with Crippen LogP contribution in [0.2, 0.25) is 0 Å². The van der Waals surface area contributed by atoms with E-state index in [9.17, 15) is 4.79 Å². The zero-order valence-corrected chi connectivity index (χ0v) is 7.67. The molecule has 0 aliphatic rings. The number of unbranched alkanes of at least 4 members (excludes halogenated alkanes) is 2. The first kappa shape index (κ1) is 10.9. The molecule has 0 radical (unpaired) electrons. The van der Waals surface area contributed by atoms with Gasteiger partial charge >= 0.3 is 0 Å². The Morgan fingerprint density at radius 3 is 2.92 bits per heavy atom. The molecule has 0 heterocycles. The van der Waals surface area contributed by atoms with E-state index in [2.05, 4.69) is 15.3 Å². The van der Waals surface area contributed by atoms with E-state index in [1.54, 1.807) is 6.21 Å². The van der Waals surface area contributed by atoms with Crippen molar-refractivity contribution in [1.82, 2.24) is 5.32 Å². The Morgan fingerprint density at radius 2 is 2.33 bits per heavy atom. The molecular formula is C8H16N2O2. The first-order valence-electron chi connectivity index (χ1n) is 4.06. The van der Waals surface area contributed by atoms with E-state index < -0.39 is 0 Å². The van der Waals surface area contributed by atoms with Crippen molar-refractivity contribution in [2.45, 2.75) is 26.2 Å². The second-order valence-electron chi connectivity index (χ2n) is 2.45. The van der Waals surface area contributed by atoms with Crippen LogP contribution in [0.5, 0.6) is 0 Å². The maximum absolute atomic E-state index is 10.4. The number of nitrogens with one attached hydrogen (secondary N) is 1. The molecule has 0 aliphatic carbocycles. The zero-order valence-electron chi connectivity index (χ0n) is 7.67. The molecule has 1 amide bonds. The molecule has 0 rings (SSSR count). The van der Waals surface area contributed by atoms with Crippen LogP contribution in [0.25, 0.3) is 0 Å². The van der Waals surface area contributed by atoms with E-state index >= 15 is 0 Å². The first-order chi connectivity index (χ1) is 5.77. The number of nitrogens with zero attached hydrogens (tertiary/aromatic N) is 1. The Hall–Kier alpha value is -1.06. The van der Waals surface area contributed by atoms with Gasteiger partial charge in [-0.15, -0.1) is 0 Å². The number of amides is 1. The molecular weight excluding hydrogens is 156 g/mol. The van der Waals surface area contributed by atoms with Gasteiger partial charge in [0, 0.05) is 19.7 Å². The lowest BCUT2D eigenvalue weighted by atomic mass is 10.2. The van der Waals surface area contributed by atoms with Gasteiger partial charge in [-0.2, -0.15) is 0 Å². The van der Waals surface area contributed by atoms with Crippen LogP contribution in [0.4, 0.5) is 0 Å². The summed E-state index contributed by atoms with van der Waals surface area (Å²) in [4.78, 5) is 14.9. The fourth-order valence-electron chi connectivity index (χ4n) is 0.752. The molecule has 0 aromatic carbocycles. The summed E-state index contributed by atoms with van der Waals surface area (Å²) in [6.45, 7) is 2.27. The third-order valence-electron chi connectivity index (χ3n) is 1.31. The number of carbonyl (C=O) groups excluding carboxylic acids is 1. The Morgan fingerprint density at radius 1 is 1.58 bits per heavy atom. The van der Waals surface area contributed by atoms with Crippen molar-refractivity contribution in [2.24, 2.45) is 5.16 Å². The summed E-state index contributed by atoms with van der Waals surface area (Å²) < 4.78 is 0. The van der Waals surface area contributed by atoms with Gasteiger partial charge in [-0.05, 0) is 19.3 Å². The molecule has 4 heteroatoms. The van der Waals surface area contributed by atoms with Crippen LogP contribution < -0.4 is 5.32 Å². The van der Waals surface area contributed by atoms with Gasteiger partial charge in [0.2, 0.25) is 5.91 Å². The minimum atomic E-state index is 0.0283. The predicted octanol–water partition coefficient (Wildman–Crippen LogP) is 0.925. The van der Waals surface area contributed by atoms with Gasteiger partial charge in [0.15, 0.2) is 0 Å². The maximum Gasteiger partial charge on any atom is 0.216 e. The van der Waals surface area contributed by atoms with E-state index in [0.717, 1.165) is 25.8 Å². The molecule has 0 atom stereocenters. The van der Waals surface area contributed by atoms with E-state index in [0.29, 0.717) is 0 Å². The molecule has 0 aliphatic heterocycles. The third-order valence-corrected chi connectivity index (χ3v) is 1.31. The molecule has 0 saturated heterocycles. The van der Waals surface area contributed by atoms with Crippen LogP contribution in [0, 0.1) is 0 Å². The normalized spacial score (nSPS) is 10.2. The number of rotatable bonds is 6.